The molecule has 0 aromatic rings. The molecule has 16 heavy (non-hydrogen) atoms. The third kappa shape index (κ3) is 1.83. The van der Waals surface area contributed by atoms with Gasteiger partial charge in [-0.05, 0) is 5.53 Å². The lowest BCUT2D eigenvalue weighted by Crippen LogP contribution is -2.54. The van der Waals surface area contributed by atoms with Crippen LogP contribution in [-0.2, 0) is 19.0 Å². The van der Waals surface area contributed by atoms with Crippen LogP contribution in [0.5, 0.6) is 0 Å². The zero-order valence-corrected chi connectivity index (χ0v) is 8.52. The maximum atomic E-state index is 10.9. The first-order valence-electron chi connectivity index (χ1n) is 4.80. The molecular formula is C8H11N3O5. The molecule has 2 heterocycles. The van der Waals surface area contributed by atoms with Gasteiger partial charge in [0.2, 0.25) is 0 Å². The van der Waals surface area contributed by atoms with Gasteiger partial charge in [-0.1, -0.05) is 5.11 Å². The number of hydrogen-bond donors (Lipinski definition) is 1. The largest absolute Gasteiger partial charge is 0.459 e. The summed E-state index contributed by atoms with van der Waals surface area (Å²) < 4.78 is 15.4. The molecule has 1 N–H and O–H groups in total. The van der Waals surface area contributed by atoms with Crippen LogP contribution in [0.4, 0.5) is 0 Å². The summed E-state index contributed by atoms with van der Waals surface area (Å²) in [4.78, 5) is 13.5. The minimum atomic E-state index is -1.04. The van der Waals surface area contributed by atoms with Gasteiger partial charge in [0.15, 0.2) is 6.29 Å². The Bertz CT molecular complexity index is 343. The molecule has 5 atom stereocenters. The van der Waals surface area contributed by atoms with Crippen molar-refractivity contribution in [2.45, 2.75) is 37.6 Å². The van der Waals surface area contributed by atoms with Gasteiger partial charge in [-0.25, -0.2) is 0 Å². The number of esters is 1. The van der Waals surface area contributed by atoms with Crippen LogP contribution < -0.4 is 0 Å². The second kappa shape index (κ2) is 4.26. The summed E-state index contributed by atoms with van der Waals surface area (Å²) in [5, 5.41) is 13.3. The Hall–Kier alpha value is -1.34. The molecule has 8 nitrogen and oxygen atoms in total. The van der Waals surface area contributed by atoms with Crippen LogP contribution in [0.15, 0.2) is 5.11 Å². The normalized spacial score (nSPS) is 41.2. The Morgan fingerprint density at radius 2 is 2.44 bits per heavy atom. The van der Waals surface area contributed by atoms with Gasteiger partial charge in [0.05, 0.1) is 6.61 Å². The summed E-state index contributed by atoms with van der Waals surface area (Å²) in [6, 6.07) is -0.859. The minimum absolute atomic E-state index is 0.195. The third-order valence-electron chi connectivity index (χ3n) is 2.55. The minimum Gasteiger partial charge on any atom is -0.459 e. The first-order chi connectivity index (χ1) is 7.63. The van der Waals surface area contributed by atoms with Crippen molar-refractivity contribution in [2.24, 2.45) is 5.11 Å². The molecule has 0 aromatic carbocycles. The van der Waals surface area contributed by atoms with Crippen LogP contribution >= 0.6 is 0 Å². The molecule has 2 aliphatic heterocycles. The predicted molar refractivity (Wildman–Crippen MR) is 49.1 cm³/mol. The summed E-state index contributed by atoms with van der Waals surface area (Å²) in [5.74, 6) is -0.552. The summed E-state index contributed by atoms with van der Waals surface area (Å²) in [6.07, 6.45) is -3.26. The highest BCUT2D eigenvalue weighted by molar-refractivity contribution is 5.66. The lowest BCUT2D eigenvalue weighted by Gasteiger charge is -2.35. The molecule has 0 spiro atoms. The van der Waals surface area contributed by atoms with Crippen molar-refractivity contribution in [3.8, 4) is 0 Å². The van der Waals surface area contributed by atoms with E-state index in [2.05, 4.69) is 10.0 Å². The highest BCUT2D eigenvalue weighted by Gasteiger charge is 2.51. The molecule has 0 aromatic heterocycles. The summed E-state index contributed by atoms with van der Waals surface area (Å²) in [5.41, 5.74) is 8.41. The van der Waals surface area contributed by atoms with Crippen LogP contribution in [0.1, 0.15) is 6.92 Å². The van der Waals surface area contributed by atoms with Gasteiger partial charge in [-0.2, -0.15) is 0 Å². The van der Waals surface area contributed by atoms with E-state index in [1.54, 1.807) is 0 Å². The van der Waals surface area contributed by atoms with Gasteiger partial charge in [0, 0.05) is 11.8 Å². The van der Waals surface area contributed by atoms with Crippen LogP contribution in [0.2, 0.25) is 0 Å². The Morgan fingerprint density at radius 1 is 1.69 bits per heavy atom. The van der Waals surface area contributed by atoms with Crippen molar-refractivity contribution in [3.05, 3.63) is 10.4 Å². The fourth-order valence-electron chi connectivity index (χ4n) is 1.88. The predicted octanol–water partition coefficient (Wildman–Crippen LogP) is -0.287. The highest BCUT2D eigenvalue weighted by Crippen LogP contribution is 2.31. The number of hydrogen-bond acceptors (Lipinski definition) is 6. The lowest BCUT2D eigenvalue weighted by molar-refractivity contribution is -0.196. The summed E-state index contributed by atoms with van der Waals surface area (Å²) >= 11 is 0. The van der Waals surface area contributed by atoms with Crippen LogP contribution in [0, 0.1) is 0 Å². The molecule has 2 fully saturated rings. The summed E-state index contributed by atoms with van der Waals surface area (Å²) in [7, 11) is 0. The van der Waals surface area contributed by atoms with Crippen molar-refractivity contribution in [1.29, 1.82) is 0 Å². The second-order valence-electron chi connectivity index (χ2n) is 3.64. The number of azide groups is 1. The van der Waals surface area contributed by atoms with E-state index in [4.69, 9.17) is 19.7 Å². The number of aliphatic hydroxyl groups is 1. The van der Waals surface area contributed by atoms with Gasteiger partial charge in [-0.15, -0.1) is 0 Å². The molecule has 0 radical (unpaired) electrons. The molecule has 2 rings (SSSR count). The molecule has 8 heteroatoms. The van der Waals surface area contributed by atoms with E-state index in [9.17, 15) is 9.90 Å². The third-order valence-corrected chi connectivity index (χ3v) is 2.55. The Labute approximate surface area is 90.7 Å². The molecule has 2 bridgehead atoms. The summed E-state index contributed by atoms with van der Waals surface area (Å²) in [6.45, 7) is 1.42. The standard InChI is InChI=1S/C8H11N3O5/c1-3(12)15-7-5(10-11-9)8-14-2-4(16-8)6(7)13/h4-8,13H,2H2,1H3/t4-,5-,6-,7-,8?/m1/s1. The van der Waals surface area contributed by atoms with E-state index >= 15 is 0 Å². The number of ether oxygens (including phenoxy) is 3. The number of aliphatic hydroxyl groups excluding tert-OH is 1. The molecule has 1 unspecified atom stereocenters. The Morgan fingerprint density at radius 3 is 3.06 bits per heavy atom. The fourth-order valence-corrected chi connectivity index (χ4v) is 1.88. The Balaban J connectivity index is 2.22. The number of rotatable bonds is 2. The number of carbonyl (C=O) groups excluding carboxylic acids is 1. The lowest BCUT2D eigenvalue weighted by atomic mass is 9.99. The van der Waals surface area contributed by atoms with Crippen molar-refractivity contribution in [2.75, 3.05) is 6.61 Å². The monoisotopic (exact) mass is 229 g/mol. The van der Waals surface area contributed by atoms with Crippen molar-refractivity contribution in [1.82, 2.24) is 0 Å². The van der Waals surface area contributed by atoms with E-state index in [1.807, 2.05) is 0 Å². The van der Waals surface area contributed by atoms with Gasteiger partial charge < -0.3 is 19.3 Å². The molecular weight excluding hydrogens is 218 g/mol. The quantitative estimate of drug-likeness (QED) is 0.302. The molecule has 88 valence electrons. The van der Waals surface area contributed by atoms with Gasteiger partial charge in [0.25, 0.3) is 0 Å². The zero-order valence-electron chi connectivity index (χ0n) is 8.52. The maximum absolute atomic E-state index is 10.9. The van der Waals surface area contributed by atoms with Gasteiger partial charge in [0.1, 0.15) is 24.4 Å². The van der Waals surface area contributed by atoms with Crippen LogP contribution in [-0.4, -0.2) is 48.3 Å². The van der Waals surface area contributed by atoms with Crippen LogP contribution in [0.25, 0.3) is 10.4 Å². The maximum Gasteiger partial charge on any atom is 0.303 e. The van der Waals surface area contributed by atoms with Gasteiger partial charge >= 0.3 is 5.97 Å². The number of carbonyl (C=O) groups is 1. The van der Waals surface area contributed by atoms with E-state index in [0.717, 1.165) is 0 Å². The smallest absolute Gasteiger partial charge is 0.303 e. The SMILES string of the molecule is CC(=O)O[C@H]1[C@H](O)[C@H]2COC(O2)[C@@H]1N=[N+]=[N-]. The molecule has 0 saturated carbocycles. The zero-order chi connectivity index (χ0) is 11.7. The van der Waals surface area contributed by atoms with E-state index in [1.165, 1.54) is 6.92 Å². The first-order valence-corrected chi connectivity index (χ1v) is 4.80. The second-order valence-corrected chi connectivity index (χ2v) is 3.64. The van der Waals surface area contributed by atoms with E-state index < -0.39 is 36.6 Å². The molecule has 2 saturated heterocycles. The topological polar surface area (TPSA) is 114 Å². The first kappa shape index (κ1) is 11.2. The average molecular weight is 229 g/mol. The number of nitrogens with zero attached hydrogens (tertiary/aromatic N) is 3. The Kier molecular flexibility index (Phi) is 2.97. The van der Waals surface area contributed by atoms with Gasteiger partial charge in [-0.3, -0.25) is 4.79 Å². The molecule has 0 aliphatic carbocycles. The number of fused-ring (bicyclic) bond motifs is 2. The van der Waals surface area contributed by atoms with Crippen molar-refractivity contribution in [3.63, 3.8) is 0 Å². The highest BCUT2D eigenvalue weighted by atomic mass is 16.7. The van der Waals surface area contributed by atoms with Crippen molar-refractivity contribution >= 4 is 5.97 Å². The van der Waals surface area contributed by atoms with E-state index in [0.29, 0.717) is 0 Å². The van der Waals surface area contributed by atoms with Crippen LogP contribution in [0.3, 0.4) is 0 Å². The fraction of sp³-hybridized carbons (Fsp3) is 0.875. The van der Waals surface area contributed by atoms with Crippen molar-refractivity contribution < 1.29 is 24.1 Å². The van der Waals surface area contributed by atoms with E-state index in [-0.39, 0.29) is 6.61 Å². The average Bonchev–Trinajstić information content (AvgIpc) is 2.66. The molecule has 0 amide bonds. The molecule has 2 aliphatic rings.